The summed E-state index contributed by atoms with van der Waals surface area (Å²) in [6.45, 7) is 4.79. The fraction of sp³-hybridized carbons (Fsp3) is 0.333. The summed E-state index contributed by atoms with van der Waals surface area (Å²) in [6, 6.07) is 22.7. The van der Waals surface area contributed by atoms with E-state index in [0.29, 0.717) is 31.0 Å². The van der Waals surface area contributed by atoms with Crippen LogP contribution in [0.2, 0.25) is 5.02 Å². The second-order valence-electron chi connectivity index (χ2n) is 9.29. The molecule has 7 nitrogen and oxygen atoms in total. The second-order valence-corrected chi connectivity index (χ2v) is 11.5. The van der Waals surface area contributed by atoms with Crippen molar-refractivity contribution < 1.29 is 18.0 Å². The molecule has 39 heavy (non-hydrogen) atoms. The zero-order valence-electron chi connectivity index (χ0n) is 22.4. The molecule has 0 unspecified atom stereocenters. The third-order valence-electron chi connectivity index (χ3n) is 6.28. The Morgan fingerprint density at radius 3 is 2.13 bits per heavy atom. The van der Waals surface area contributed by atoms with Gasteiger partial charge in [-0.25, -0.2) is 13.1 Å². The van der Waals surface area contributed by atoms with E-state index in [1.54, 1.807) is 48.2 Å². The molecular formula is C30H36ClN3O4S. The maximum absolute atomic E-state index is 13.7. The van der Waals surface area contributed by atoms with E-state index in [4.69, 9.17) is 11.6 Å². The number of hydrogen-bond acceptors (Lipinski definition) is 4. The van der Waals surface area contributed by atoms with Crippen LogP contribution in [0, 0.1) is 0 Å². The standard InChI is InChI=1S/C30H36ClN3O4S/c1-3-20-32-30(36)28(21-24-8-6-5-7-9-24)34(22-25-10-15-26(31)16-11-25)29(35)19-14-23-12-17-27(18-13-23)39(37,38)33-4-2/h5-13,15-18,28,33H,3-4,14,19-22H2,1-2H3,(H,32,36)/t28-/m1/s1. The lowest BCUT2D eigenvalue weighted by atomic mass is 10.0. The first-order valence-electron chi connectivity index (χ1n) is 13.2. The summed E-state index contributed by atoms with van der Waals surface area (Å²) in [5.74, 6) is -0.358. The minimum absolute atomic E-state index is 0.165. The van der Waals surface area contributed by atoms with Crippen molar-refractivity contribution in [2.45, 2.75) is 57.0 Å². The maximum Gasteiger partial charge on any atom is 0.243 e. The van der Waals surface area contributed by atoms with Crippen LogP contribution in [0.3, 0.4) is 0 Å². The average Bonchev–Trinajstić information content (AvgIpc) is 2.94. The third kappa shape index (κ3) is 9.20. The highest BCUT2D eigenvalue weighted by Gasteiger charge is 2.30. The van der Waals surface area contributed by atoms with Gasteiger partial charge in [0.15, 0.2) is 0 Å². The molecule has 0 aliphatic carbocycles. The molecule has 0 aromatic heterocycles. The number of hydrogen-bond donors (Lipinski definition) is 2. The molecule has 3 rings (SSSR count). The normalized spacial score (nSPS) is 12.1. The van der Waals surface area contributed by atoms with Gasteiger partial charge in [-0.05, 0) is 53.8 Å². The molecule has 0 fully saturated rings. The number of carbonyl (C=O) groups is 2. The molecule has 0 saturated carbocycles. The zero-order chi connectivity index (χ0) is 28.3. The summed E-state index contributed by atoms with van der Waals surface area (Å²) >= 11 is 6.08. The number of nitrogens with one attached hydrogen (secondary N) is 2. The minimum atomic E-state index is -3.55. The molecule has 0 radical (unpaired) electrons. The van der Waals surface area contributed by atoms with Gasteiger partial charge in [0.2, 0.25) is 21.8 Å². The molecule has 0 aliphatic rings. The molecule has 1 atom stereocenters. The Morgan fingerprint density at radius 1 is 0.872 bits per heavy atom. The summed E-state index contributed by atoms with van der Waals surface area (Å²) in [7, 11) is -3.55. The summed E-state index contributed by atoms with van der Waals surface area (Å²) in [5.41, 5.74) is 2.66. The third-order valence-corrected chi connectivity index (χ3v) is 8.10. The molecule has 9 heteroatoms. The van der Waals surface area contributed by atoms with Gasteiger partial charge in [-0.1, -0.05) is 80.0 Å². The highest BCUT2D eigenvalue weighted by molar-refractivity contribution is 7.89. The largest absolute Gasteiger partial charge is 0.354 e. The molecule has 0 bridgehead atoms. The Hall–Kier alpha value is -3.20. The lowest BCUT2D eigenvalue weighted by molar-refractivity contribution is -0.141. The van der Waals surface area contributed by atoms with Crippen LogP contribution in [0.4, 0.5) is 0 Å². The number of halogens is 1. The highest BCUT2D eigenvalue weighted by Crippen LogP contribution is 2.19. The van der Waals surface area contributed by atoms with Crippen molar-refractivity contribution in [2.24, 2.45) is 0 Å². The highest BCUT2D eigenvalue weighted by atomic mass is 35.5. The monoisotopic (exact) mass is 569 g/mol. The van der Waals surface area contributed by atoms with Gasteiger partial charge < -0.3 is 10.2 Å². The maximum atomic E-state index is 13.7. The number of nitrogens with zero attached hydrogens (tertiary/aromatic N) is 1. The SMILES string of the molecule is CCCNC(=O)[C@@H](Cc1ccccc1)N(Cc1ccc(Cl)cc1)C(=O)CCc1ccc(S(=O)(=O)NCC)cc1. The van der Waals surface area contributed by atoms with Gasteiger partial charge in [-0.2, -0.15) is 0 Å². The molecule has 0 aliphatic heterocycles. The van der Waals surface area contributed by atoms with Gasteiger partial charge in [0, 0.05) is 37.5 Å². The van der Waals surface area contributed by atoms with Crippen LogP contribution in [-0.2, 0) is 39.0 Å². The van der Waals surface area contributed by atoms with E-state index in [2.05, 4.69) is 10.0 Å². The van der Waals surface area contributed by atoms with Crippen molar-refractivity contribution >= 4 is 33.4 Å². The van der Waals surface area contributed by atoms with Crippen molar-refractivity contribution in [2.75, 3.05) is 13.1 Å². The van der Waals surface area contributed by atoms with Crippen LogP contribution >= 0.6 is 11.6 Å². The van der Waals surface area contributed by atoms with E-state index < -0.39 is 16.1 Å². The van der Waals surface area contributed by atoms with Crippen molar-refractivity contribution in [3.63, 3.8) is 0 Å². The molecule has 2 N–H and O–H groups in total. The number of rotatable bonds is 14. The Kier molecular flexibility index (Phi) is 11.5. The first-order chi connectivity index (χ1) is 18.7. The summed E-state index contributed by atoms with van der Waals surface area (Å²) in [5, 5.41) is 3.57. The van der Waals surface area contributed by atoms with Crippen LogP contribution in [0.1, 0.15) is 43.4 Å². The van der Waals surface area contributed by atoms with Crippen molar-refractivity contribution in [3.05, 3.63) is 101 Å². The molecule has 208 valence electrons. The van der Waals surface area contributed by atoms with Crippen molar-refractivity contribution in [1.29, 1.82) is 0 Å². The quantitative estimate of drug-likeness (QED) is 0.293. The van der Waals surface area contributed by atoms with Crippen molar-refractivity contribution in [3.8, 4) is 0 Å². The second kappa shape index (κ2) is 14.8. The fourth-order valence-electron chi connectivity index (χ4n) is 4.21. The number of sulfonamides is 1. The van der Waals surface area contributed by atoms with E-state index in [-0.39, 0.29) is 29.7 Å². The Balaban J connectivity index is 1.85. The van der Waals surface area contributed by atoms with Crippen LogP contribution < -0.4 is 10.0 Å². The van der Waals surface area contributed by atoms with Gasteiger partial charge in [0.25, 0.3) is 0 Å². The Labute approximate surface area is 236 Å². The molecule has 3 aromatic rings. The molecule has 2 amide bonds. The van der Waals surface area contributed by atoms with E-state index in [9.17, 15) is 18.0 Å². The molecular weight excluding hydrogens is 534 g/mol. The molecule has 3 aromatic carbocycles. The molecule has 0 heterocycles. The predicted molar refractivity (Wildman–Crippen MR) is 155 cm³/mol. The number of benzene rings is 3. The number of amides is 2. The van der Waals surface area contributed by atoms with E-state index in [1.807, 2.05) is 49.4 Å². The van der Waals surface area contributed by atoms with Crippen LogP contribution in [0.5, 0.6) is 0 Å². The van der Waals surface area contributed by atoms with E-state index in [1.165, 1.54) is 0 Å². The van der Waals surface area contributed by atoms with Gasteiger partial charge in [-0.3, -0.25) is 9.59 Å². The lowest BCUT2D eigenvalue weighted by Crippen LogP contribution is -2.50. The summed E-state index contributed by atoms with van der Waals surface area (Å²) in [6.07, 6.45) is 1.74. The van der Waals surface area contributed by atoms with E-state index in [0.717, 1.165) is 23.1 Å². The first-order valence-corrected chi connectivity index (χ1v) is 15.0. The first kappa shape index (κ1) is 30.3. The Bertz CT molecular complexity index is 1310. The topological polar surface area (TPSA) is 95.6 Å². The predicted octanol–water partition coefficient (Wildman–Crippen LogP) is 4.74. The molecule has 0 spiro atoms. The van der Waals surface area contributed by atoms with Crippen LogP contribution in [0.25, 0.3) is 0 Å². The Morgan fingerprint density at radius 2 is 1.51 bits per heavy atom. The minimum Gasteiger partial charge on any atom is -0.354 e. The van der Waals surface area contributed by atoms with Gasteiger partial charge in [-0.15, -0.1) is 0 Å². The fourth-order valence-corrected chi connectivity index (χ4v) is 5.38. The van der Waals surface area contributed by atoms with Crippen LogP contribution in [0.15, 0.2) is 83.8 Å². The van der Waals surface area contributed by atoms with Gasteiger partial charge in [0.1, 0.15) is 6.04 Å². The molecule has 0 saturated heterocycles. The van der Waals surface area contributed by atoms with Crippen molar-refractivity contribution in [1.82, 2.24) is 14.9 Å². The number of carbonyl (C=O) groups excluding carboxylic acids is 2. The lowest BCUT2D eigenvalue weighted by Gasteiger charge is -2.31. The van der Waals surface area contributed by atoms with Crippen LogP contribution in [-0.4, -0.2) is 44.3 Å². The smallest absolute Gasteiger partial charge is 0.243 e. The summed E-state index contributed by atoms with van der Waals surface area (Å²) in [4.78, 5) is 28.9. The summed E-state index contributed by atoms with van der Waals surface area (Å²) < 4.78 is 27.0. The zero-order valence-corrected chi connectivity index (χ0v) is 24.0. The average molecular weight is 570 g/mol. The van der Waals surface area contributed by atoms with Gasteiger partial charge >= 0.3 is 0 Å². The van der Waals surface area contributed by atoms with Gasteiger partial charge in [0.05, 0.1) is 4.90 Å². The van der Waals surface area contributed by atoms with E-state index >= 15 is 0 Å². The number of aryl methyl sites for hydroxylation is 1.